The molecule has 1 aliphatic heterocycles. The SMILES string of the molecule is COC(=O)[C@@H]1C[C@H](O)[C@@H](N2CCN(C)c3ccccc3C2)C1. The summed E-state index contributed by atoms with van der Waals surface area (Å²) in [5, 5.41) is 10.4. The molecule has 1 aliphatic carbocycles. The Morgan fingerprint density at radius 1 is 1.27 bits per heavy atom. The van der Waals surface area contributed by atoms with Crippen molar-refractivity contribution in [3.8, 4) is 0 Å². The summed E-state index contributed by atoms with van der Waals surface area (Å²) in [7, 11) is 3.52. The van der Waals surface area contributed by atoms with Crippen LogP contribution in [0.4, 0.5) is 5.69 Å². The van der Waals surface area contributed by atoms with Crippen LogP contribution in [0.25, 0.3) is 0 Å². The fraction of sp³-hybridized carbons (Fsp3) is 0.588. The first-order valence-electron chi connectivity index (χ1n) is 7.89. The minimum atomic E-state index is -0.459. The lowest BCUT2D eigenvalue weighted by Crippen LogP contribution is -2.42. The molecule has 0 bridgehead atoms. The Kier molecular flexibility index (Phi) is 4.36. The smallest absolute Gasteiger partial charge is 0.308 e. The summed E-state index contributed by atoms with van der Waals surface area (Å²) in [6.07, 6.45) is 0.727. The van der Waals surface area contributed by atoms with Crippen LogP contribution in [-0.2, 0) is 16.1 Å². The van der Waals surface area contributed by atoms with Gasteiger partial charge in [0.15, 0.2) is 0 Å². The van der Waals surface area contributed by atoms with Crippen LogP contribution in [0.15, 0.2) is 24.3 Å². The number of hydrogen-bond donors (Lipinski definition) is 1. The number of nitrogens with zero attached hydrogens (tertiary/aromatic N) is 2. The average molecular weight is 304 g/mol. The van der Waals surface area contributed by atoms with Crippen LogP contribution >= 0.6 is 0 Å². The van der Waals surface area contributed by atoms with Crippen molar-refractivity contribution in [2.24, 2.45) is 5.92 Å². The Labute approximate surface area is 131 Å². The summed E-state index contributed by atoms with van der Waals surface area (Å²) in [5.74, 6) is -0.380. The van der Waals surface area contributed by atoms with E-state index in [9.17, 15) is 9.90 Å². The zero-order chi connectivity index (χ0) is 15.7. The number of esters is 1. The second kappa shape index (κ2) is 6.26. The van der Waals surface area contributed by atoms with Gasteiger partial charge in [-0.2, -0.15) is 0 Å². The summed E-state index contributed by atoms with van der Waals surface area (Å²) in [5.41, 5.74) is 2.53. The predicted octanol–water partition coefficient (Wildman–Crippen LogP) is 1.25. The number of carbonyl (C=O) groups is 1. The van der Waals surface area contributed by atoms with E-state index in [0.29, 0.717) is 12.8 Å². The molecule has 0 saturated heterocycles. The number of aliphatic hydroxyl groups is 1. The van der Waals surface area contributed by atoms with Crippen molar-refractivity contribution in [2.75, 3.05) is 32.1 Å². The number of methoxy groups -OCH3 is 1. The van der Waals surface area contributed by atoms with E-state index in [4.69, 9.17) is 4.74 Å². The van der Waals surface area contributed by atoms with E-state index in [1.54, 1.807) is 0 Å². The maximum absolute atomic E-state index is 11.7. The number of fused-ring (bicyclic) bond motifs is 1. The monoisotopic (exact) mass is 304 g/mol. The minimum absolute atomic E-state index is 0.0312. The van der Waals surface area contributed by atoms with E-state index in [1.807, 2.05) is 0 Å². The van der Waals surface area contributed by atoms with Gasteiger partial charge < -0.3 is 14.7 Å². The summed E-state index contributed by atoms with van der Waals surface area (Å²) in [4.78, 5) is 16.3. The number of aliphatic hydroxyl groups excluding tert-OH is 1. The van der Waals surface area contributed by atoms with E-state index in [1.165, 1.54) is 18.4 Å². The van der Waals surface area contributed by atoms with E-state index >= 15 is 0 Å². The van der Waals surface area contributed by atoms with Crippen molar-refractivity contribution in [1.29, 1.82) is 0 Å². The Bertz CT molecular complexity index is 548. The molecule has 0 spiro atoms. The van der Waals surface area contributed by atoms with Gasteiger partial charge in [0.25, 0.3) is 0 Å². The Balaban J connectivity index is 1.77. The van der Waals surface area contributed by atoms with Gasteiger partial charge in [-0.3, -0.25) is 9.69 Å². The highest BCUT2D eigenvalue weighted by Gasteiger charge is 2.41. The van der Waals surface area contributed by atoms with Gasteiger partial charge in [-0.15, -0.1) is 0 Å². The molecule has 120 valence electrons. The van der Waals surface area contributed by atoms with Gasteiger partial charge in [-0.25, -0.2) is 0 Å². The molecule has 22 heavy (non-hydrogen) atoms. The van der Waals surface area contributed by atoms with Gasteiger partial charge in [0.05, 0.1) is 19.1 Å². The molecule has 3 atom stereocenters. The summed E-state index contributed by atoms with van der Waals surface area (Å²) in [6, 6.07) is 8.43. The number of rotatable bonds is 2. The van der Waals surface area contributed by atoms with Crippen LogP contribution in [0.2, 0.25) is 0 Å². The molecule has 0 radical (unpaired) electrons. The lowest BCUT2D eigenvalue weighted by Gasteiger charge is -2.29. The molecule has 0 aromatic heterocycles. The van der Waals surface area contributed by atoms with Crippen LogP contribution < -0.4 is 4.90 Å². The fourth-order valence-corrected chi connectivity index (χ4v) is 3.74. The standard InChI is InChI=1S/C17H24N2O3/c1-18-7-8-19(11-12-5-3-4-6-14(12)18)15-9-13(10-16(15)20)17(21)22-2/h3-6,13,15-16,20H,7-11H2,1-2H3/t13-,15-,16-/m0/s1. The molecule has 1 saturated carbocycles. The Morgan fingerprint density at radius 2 is 2.05 bits per heavy atom. The second-order valence-corrected chi connectivity index (χ2v) is 6.35. The van der Waals surface area contributed by atoms with Crippen LogP contribution in [0.5, 0.6) is 0 Å². The third kappa shape index (κ3) is 2.83. The Hall–Kier alpha value is -1.59. The molecule has 5 nitrogen and oxygen atoms in total. The zero-order valence-corrected chi connectivity index (χ0v) is 13.2. The quantitative estimate of drug-likeness (QED) is 0.834. The van der Waals surface area contributed by atoms with Crippen molar-refractivity contribution in [3.05, 3.63) is 29.8 Å². The number of carbonyl (C=O) groups excluding carboxylic acids is 1. The third-order valence-electron chi connectivity index (χ3n) is 5.00. The molecule has 3 rings (SSSR count). The first kappa shape index (κ1) is 15.3. The molecule has 0 unspecified atom stereocenters. The molecule has 1 aromatic rings. The highest BCUT2D eigenvalue weighted by atomic mass is 16.5. The average Bonchev–Trinajstić information content (AvgIpc) is 2.84. The molecule has 1 aromatic carbocycles. The lowest BCUT2D eigenvalue weighted by atomic mass is 10.1. The van der Waals surface area contributed by atoms with Gasteiger partial charge in [0.2, 0.25) is 0 Å². The first-order chi connectivity index (χ1) is 10.6. The van der Waals surface area contributed by atoms with Gasteiger partial charge in [0.1, 0.15) is 0 Å². The number of para-hydroxylation sites is 1. The van der Waals surface area contributed by atoms with Crippen molar-refractivity contribution in [1.82, 2.24) is 4.90 Å². The number of likely N-dealkylation sites (N-methyl/N-ethyl adjacent to an activating group) is 1. The van der Waals surface area contributed by atoms with Gasteiger partial charge in [-0.1, -0.05) is 18.2 Å². The maximum Gasteiger partial charge on any atom is 0.308 e. The molecule has 1 fully saturated rings. The molecule has 2 aliphatic rings. The van der Waals surface area contributed by atoms with Crippen LogP contribution in [-0.4, -0.2) is 55.4 Å². The highest BCUT2D eigenvalue weighted by molar-refractivity contribution is 5.72. The van der Waals surface area contributed by atoms with Gasteiger partial charge in [0, 0.05) is 38.4 Å². The van der Waals surface area contributed by atoms with E-state index in [0.717, 1.165) is 19.6 Å². The minimum Gasteiger partial charge on any atom is -0.469 e. The maximum atomic E-state index is 11.7. The van der Waals surface area contributed by atoms with Crippen LogP contribution in [0.3, 0.4) is 0 Å². The third-order valence-corrected chi connectivity index (χ3v) is 5.00. The molecule has 0 amide bonds. The predicted molar refractivity (Wildman–Crippen MR) is 84.7 cm³/mol. The fourth-order valence-electron chi connectivity index (χ4n) is 3.74. The first-order valence-corrected chi connectivity index (χ1v) is 7.89. The Morgan fingerprint density at radius 3 is 2.82 bits per heavy atom. The van der Waals surface area contributed by atoms with Gasteiger partial charge >= 0.3 is 5.97 Å². The van der Waals surface area contributed by atoms with E-state index in [2.05, 4.69) is 41.1 Å². The van der Waals surface area contributed by atoms with Crippen LogP contribution in [0.1, 0.15) is 18.4 Å². The van der Waals surface area contributed by atoms with E-state index in [-0.39, 0.29) is 17.9 Å². The lowest BCUT2D eigenvalue weighted by molar-refractivity contribution is -0.145. The van der Waals surface area contributed by atoms with Crippen molar-refractivity contribution >= 4 is 11.7 Å². The molecule has 1 N–H and O–H groups in total. The van der Waals surface area contributed by atoms with E-state index < -0.39 is 6.10 Å². The number of ether oxygens (including phenoxy) is 1. The summed E-state index contributed by atoms with van der Waals surface area (Å²) < 4.78 is 4.84. The zero-order valence-electron chi connectivity index (χ0n) is 13.2. The van der Waals surface area contributed by atoms with Gasteiger partial charge in [-0.05, 0) is 24.5 Å². The van der Waals surface area contributed by atoms with Crippen molar-refractivity contribution < 1.29 is 14.6 Å². The summed E-state index contributed by atoms with van der Waals surface area (Å²) in [6.45, 7) is 2.63. The highest BCUT2D eigenvalue weighted by Crippen LogP contribution is 2.33. The van der Waals surface area contributed by atoms with Crippen molar-refractivity contribution in [3.63, 3.8) is 0 Å². The number of anilines is 1. The second-order valence-electron chi connectivity index (χ2n) is 6.35. The molecular formula is C17H24N2O3. The van der Waals surface area contributed by atoms with Crippen molar-refractivity contribution in [2.45, 2.75) is 31.5 Å². The molecule has 1 heterocycles. The summed E-state index contributed by atoms with van der Waals surface area (Å²) >= 11 is 0. The van der Waals surface area contributed by atoms with Crippen LogP contribution in [0, 0.1) is 5.92 Å². The molecule has 5 heteroatoms. The number of hydrogen-bond acceptors (Lipinski definition) is 5. The molecular weight excluding hydrogens is 280 g/mol. The topological polar surface area (TPSA) is 53.0 Å². The number of benzene rings is 1. The largest absolute Gasteiger partial charge is 0.469 e. The normalized spacial score (nSPS) is 29.0.